The molecule has 0 bridgehead atoms. The number of pyridine rings is 1. The molecule has 136 valence electrons. The lowest BCUT2D eigenvalue weighted by Gasteiger charge is -2.30. The molecule has 0 saturated carbocycles. The highest BCUT2D eigenvalue weighted by molar-refractivity contribution is 5.94. The molecular weight excluding hydrogens is 332 g/mol. The average molecular weight is 354 g/mol. The van der Waals surface area contributed by atoms with Gasteiger partial charge in [0.1, 0.15) is 12.4 Å². The van der Waals surface area contributed by atoms with Gasteiger partial charge >= 0.3 is 5.97 Å². The maximum Gasteiger partial charge on any atom is 0.308 e. The van der Waals surface area contributed by atoms with Gasteiger partial charge in [-0.25, -0.2) is 0 Å². The summed E-state index contributed by atoms with van der Waals surface area (Å²) in [6, 6.07) is 11.0. The molecule has 0 unspecified atom stereocenters. The second kappa shape index (κ2) is 7.99. The molecular formula is C20H22N2O4. The highest BCUT2D eigenvalue weighted by atomic mass is 16.5. The van der Waals surface area contributed by atoms with Crippen molar-refractivity contribution in [3.8, 4) is 5.75 Å². The maximum atomic E-state index is 12.7. The number of benzene rings is 1. The normalized spacial score (nSPS) is 17.0. The molecule has 26 heavy (non-hydrogen) atoms. The number of carboxylic acid groups (broad SMARTS) is 1. The lowest BCUT2D eigenvalue weighted by molar-refractivity contribution is -0.143. The van der Waals surface area contributed by atoms with Gasteiger partial charge in [0.25, 0.3) is 5.91 Å². The summed E-state index contributed by atoms with van der Waals surface area (Å²) in [5.74, 6) is -0.771. The maximum absolute atomic E-state index is 12.7. The quantitative estimate of drug-likeness (QED) is 0.893. The predicted octanol–water partition coefficient (Wildman–Crippen LogP) is 2.91. The van der Waals surface area contributed by atoms with Gasteiger partial charge in [-0.1, -0.05) is 12.1 Å². The number of ether oxygens (including phenoxy) is 1. The molecule has 1 saturated heterocycles. The van der Waals surface area contributed by atoms with Crippen molar-refractivity contribution in [2.24, 2.45) is 5.92 Å². The summed E-state index contributed by atoms with van der Waals surface area (Å²) in [6.07, 6.45) is 3.01. The third kappa shape index (κ3) is 4.39. The Bertz CT molecular complexity index is 789. The van der Waals surface area contributed by atoms with Gasteiger partial charge in [-0.2, -0.15) is 0 Å². The molecule has 1 aromatic heterocycles. The van der Waals surface area contributed by atoms with Crippen LogP contribution in [-0.2, 0) is 11.4 Å². The second-order valence-electron chi connectivity index (χ2n) is 6.55. The molecule has 0 spiro atoms. The van der Waals surface area contributed by atoms with Crippen LogP contribution in [0.2, 0.25) is 0 Å². The van der Waals surface area contributed by atoms with E-state index in [1.165, 1.54) is 0 Å². The van der Waals surface area contributed by atoms with Crippen LogP contribution in [0.3, 0.4) is 0 Å². The fraction of sp³-hybridized carbons (Fsp3) is 0.350. The van der Waals surface area contributed by atoms with Gasteiger partial charge in [-0.3, -0.25) is 14.6 Å². The third-order valence-electron chi connectivity index (χ3n) is 4.52. The number of aliphatic carboxylic acids is 1. The van der Waals surface area contributed by atoms with Gasteiger partial charge in [0.15, 0.2) is 0 Å². The van der Waals surface area contributed by atoms with Crippen molar-refractivity contribution in [3.63, 3.8) is 0 Å². The topological polar surface area (TPSA) is 79.7 Å². The van der Waals surface area contributed by atoms with E-state index in [0.29, 0.717) is 37.3 Å². The Morgan fingerprint density at radius 3 is 2.88 bits per heavy atom. The number of piperidine rings is 1. The molecule has 1 N–H and O–H groups in total. The van der Waals surface area contributed by atoms with Crippen LogP contribution in [0.1, 0.15) is 34.5 Å². The molecule has 0 aliphatic carbocycles. The van der Waals surface area contributed by atoms with Crippen LogP contribution in [0.4, 0.5) is 0 Å². The van der Waals surface area contributed by atoms with Gasteiger partial charge in [-0.15, -0.1) is 0 Å². The molecule has 1 aliphatic rings. The van der Waals surface area contributed by atoms with Gasteiger partial charge < -0.3 is 14.7 Å². The summed E-state index contributed by atoms with van der Waals surface area (Å²) in [4.78, 5) is 29.7. The average Bonchev–Trinajstić information content (AvgIpc) is 2.67. The van der Waals surface area contributed by atoms with Crippen molar-refractivity contribution in [1.29, 1.82) is 0 Å². The number of carbonyl (C=O) groups is 2. The van der Waals surface area contributed by atoms with Crippen molar-refractivity contribution in [3.05, 3.63) is 59.4 Å². The van der Waals surface area contributed by atoms with E-state index in [2.05, 4.69) is 4.98 Å². The number of carbonyl (C=O) groups excluding carboxylic acids is 1. The number of rotatable bonds is 5. The Morgan fingerprint density at radius 1 is 1.31 bits per heavy atom. The van der Waals surface area contributed by atoms with Crippen LogP contribution in [0, 0.1) is 12.8 Å². The highest BCUT2D eigenvalue weighted by Gasteiger charge is 2.28. The first-order valence-corrected chi connectivity index (χ1v) is 8.69. The van der Waals surface area contributed by atoms with Crippen LogP contribution in [0.25, 0.3) is 0 Å². The number of hydrogen-bond donors (Lipinski definition) is 1. The molecule has 1 fully saturated rings. The Morgan fingerprint density at radius 2 is 2.15 bits per heavy atom. The van der Waals surface area contributed by atoms with E-state index >= 15 is 0 Å². The molecule has 1 amide bonds. The minimum Gasteiger partial charge on any atom is -0.487 e. The van der Waals surface area contributed by atoms with Gasteiger partial charge in [0, 0.05) is 24.3 Å². The molecule has 1 atom stereocenters. The number of aromatic nitrogens is 1. The number of carboxylic acids is 1. The smallest absolute Gasteiger partial charge is 0.308 e. The number of likely N-dealkylation sites (tertiary alicyclic amines) is 1. The molecule has 0 radical (unpaired) electrons. The molecule has 1 aromatic carbocycles. The third-order valence-corrected chi connectivity index (χ3v) is 4.52. The lowest BCUT2D eigenvalue weighted by atomic mass is 9.97. The van der Waals surface area contributed by atoms with Crippen molar-refractivity contribution >= 4 is 11.9 Å². The van der Waals surface area contributed by atoms with Crippen LogP contribution in [0.5, 0.6) is 5.75 Å². The first-order valence-electron chi connectivity index (χ1n) is 8.69. The van der Waals surface area contributed by atoms with Gasteiger partial charge in [-0.05, 0) is 49.6 Å². The monoisotopic (exact) mass is 354 g/mol. The summed E-state index contributed by atoms with van der Waals surface area (Å²) in [5.41, 5.74) is 2.36. The van der Waals surface area contributed by atoms with E-state index in [1.807, 2.05) is 31.2 Å². The number of nitrogens with zero attached hydrogens (tertiary/aromatic N) is 2. The SMILES string of the molecule is Cc1ccc(OCc2cccc(C(=O)N3CCC[C@H](C(=O)O)C3)c2)cn1. The summed E-state index contributed by atoms with van der Waals surface area (Å²) in [6.45, 7) is 3.11. The Kier molecular flexibility index (Phi) is 5.51. The van der Waals surface area contributed by atoms with E-state index < -0.39 is 11.9 Å². The molecule has 3 rings (SSSR count). The zero-order valence-corrected chi connectivity index (χ0v) is 14.7. The standard InChI is InChI=1S/C20H22N2O4/c1-14-7-8-18(11-21-14)26-13-15-4-2-5-16(10-15)19(23)22-9-3-6-17(12-22)20(24)25/h2,4-5,7-8,10-11,17H,3,6,9,12-13H2,1H3,(H,24,25)/t17-/m0/s1. The van der Waals surface area contributed by atoms with Crippen LogP contribution >= 0.6 is 0 Å². The Hall–Kier alpha value is -2.89. The summed E-state index contributed by atoms with van der Waals surface area (Å²) >= 11 is 0. The second-order valence-corrected chi connectivity index (χ2v) is 6.55. The van der Waals surface area contributed by atoms with E-state index in [9.17, 15) is 14.7 Å². The van der Waals surface area contributed by atoms with Crippen molar-refractivity contribution in [2.75, 3.05) is 13.1 Å². The van der Waals surface area contributed by atoms with Crippen LogP contribution < -0.4 is 4.74 Å². The van der Waals surface area contributed by atoms with E-state index in [1.54, 1.807) is 23.2 Å². The number of hydrogen-bond acceptors (Lipinski definition) is 4. The Balaban J connectivity index is 1.65. The van der Waals surface area contributed by atoms with Crippen molar-refractivity contribution in [2.45, 2.75) is 26.4 Å². The van der Waals surface area contributed by atoms with Gasteiger partial charge in [0.2, 0.25) is 0 Å². The molecule has 2 aromatic rings. The Labute approximate surface area is 152 Å². The van der Waals surface area contributed by atoms with E-state index in [4.69, 9.17) is 4.74 Å². The minimum atomic E-state index is -0.837. The summed E-state index contributed by atoms with van der Waals surface area (Å²) in [7, 11) is 0. The fourth-order valence-electron chi connectivity index (χ4n) is 3.05. The van der Waals surface area contributed by atoms with Crippen molar-refractivity contribution < 1.29 is 19.4 Å². The molecule has 6 heteroatoms. The first-order chi connectivity index (χ1) is 12.5. The summed E-state index contributed by atoms with van der Waals surface area (Å²) < 4.78 is 5.71. The van der Waals surface area contributed by atoms with E-state index in [-0.39, 0.29) is 12.5 Å². The number of aryl methyl sites for hydroxylation is 1. The molecule has 6 nitrogen and oxygen atoms in total. The summed E-state index contributed by atoms with van der Waals surface area (Å²) in [5, 5.41) is 9.19. The minimum absolute atomic E-state index is 0.130. The zero-order valence-electron chi connectivity index (χ0n) is 14.7. The predicted molar refractivity (Wildman–Crippen MR) is 96.0 cm³/mol. The van der Waals surface area contributed by atoms with Crippen LogP contribution in [0.15, 0.2) is 42.6 Å². The molecule has 2 heterocycles. The van der Waals surface area contributed by atoms with Crippen molar-refractivity contribution in [1.82, 2.24) is 9.88 Å². The van der Waals surface area contributed by atoms with E-state index in [0.717, 1.165) is 11.3 Å². The lowest BCUT2D eigenvalue weighted by Crippen LogP contribution is -2.42. The highest BCUT2D eigenvalue weighted by Crippen LogP contribution is 2.20. The van der Waals surface area contributed by atoms with Crippen LogP contribution in [-0.4, -0.2) is 40.0 Å². The fourth-order valence-corrected chi connectivity index (χ4v) is 3.05. The zero-order chi connectivity index (χ0) is 18.5. The molecule has 1 aliphatic heterocycles. The first kappa shape index (κ1) is 17.9. The largest absolute Gasteiger partial charge is 0.487 e. The number of amides is 1. The van der Waals surface area contributed by atoms with Gasteiger partial charge in [0.05, 0.1) is 12.1 Å².